The second-order valence-corrected chi connectivity index (χ2v) is 6.74. The van der Waals surface area contributed by atoms with Gasteiger partial charge in [-0.2, -0.15) is 0 Å². The van der Waals surface area contributed by atoms with E-state index in [-0.39, 0.29) is 5.97 Å². The van der Waals surface area contributed by atoms with E-state index in [1.165, 1.54) is 23.6 Å². The average Bonchev–Trinajstić information content (AvgIpc) is 2.70. The predicted molar refractivity (Wildman–Crippen MR) is 109 cm³/mol. The standard InChI is InChI=1S/C21H26N2O2S/c1-3-23(16-15-22-26-20-7-5-4-6-8-20)17-19-11-9-18(10-12-19)13-14-21(24)25-2/h4-14,22H,3,15-17H2,1-2H3/b14-13+. The first kappa shape index (κ1) is 20.2. The number of rotatable bonds is 10. The number of nitrogens with one attached hydrogen (secondary N) is 1. The molecule has 1 N–H and O–H groups in total. The number of hydrogen-bond acceptors (Lipinski definition) is 5. The molecule has 0 bridgehead atoms. The number of esters is 1. The van der Waals surface area contributed by atoms with Gasteiger partial charge in [0, 0.05) is 30.6 Å². The molecule has 2 aromatic rings. The van der Waals surface area contributed by atoms with E-state index in [2.05, 4.69) is 45.5 Å². The van der Waals surface area contributed by atoms with Crippen LogP contribution in [0.5, 0.6) is 0 Å². The van der Waals surface area contributed by atoms with Gasteiger partial charge in [0.15, 0.2) is 0 Å². The fourth-order valence-electron chi connectivity index (χ4n) is 2.40. The van der Waals surface area contributed by atoms with Crippen molar-refractivity contribution in [2.24, 2.45) is 0 Å². The third-order valence-electron chi connectivity index (χ3n) is 3.91. The number of methoxy groups -OCH3 is 1. The van der Waals surface area contributed by atoms with E-state index in [0.29, 0.717) is 0 Å². The van der Waals surface area contributed by atoms with Crippen LogP contribution in [-0.4, -0.2) is 37.6 Å². The summed E-state index contributed by atoms with van der Waals surface area (Å²) < 4.78 is 8.01. The molecule has 0 atom stereocenters. The van der Waals surface area contributed by atoms with Crippen LogP contribution in [0.2, 0.25) is 0 Å². The lowest BCUT2D eigenvalue weighted by Crippen LogP contribution is -2.29. The summed E-state index contributed by atoms with van der Waals surface area (Å²) in [7, 11) is 1.38. The Kier molecular flexibility index (Phi) is 8.96. The van der Waals surface area contributed by atoms with Crippen LogP contribution in [0.3, 0.4) is 0 Å². The number of ether oxygens (including phenoxy) is 1. The van der Waals surface area contributed by atoms with Crippen molar-refractivity contribution in [3.63, 3.8) is 0 Å². The molecule has 5 heteroatoms. The number of nitrogens with zero attached hydrogens (tertiary/aromatic N) is 1. The molecule has 0 aliphatic rings. The smallest absolute Gasteiger partial charge is 0.330 e. The Hall–Kier alpha value is -2.08. The Morgan fingerprint density at radius 1 is 1.15 bits per heavy atom. The van der Waals surface area contributed by atoms with E-state index in [4.69, 9.17) is 0 Å². The van der Waals surface area contributed by atoms with Crippen molar-refractivity contribution in [1.82, 2.24) is 9.62 Å². The summed E-state index contributed by atoms with van der Waals surface area (Å²) in [6.45, 7) is 6.00. The van der Waals surface area contributed by atoms with Crippen LogP contribution in [-0.2, 0) is 16.1 Å². The molecule has 0 heterocycles. The summed E-state index contributed by atoms with van der Waals surface area (Å²) in [6, 6.07) is 18.6. The minimum absolute atomic E-state index is 0.341. The van der Waals surface area contributed by atoms with E-state index in [9.17, 15) is 4.79 Å². The molecule has 0 aliphatic heterocycles. The van der Waals surface area contributed by atoms with Crippen molar-refractivity contribution in [2.45, 2.75) is 18.4 Å². The van der Waals surface area contributed by atoms with E-state index >= 15 is 0 Å². The lowest BCUT2D eigenvalue weighted by atomic mass is 10.1. The minimum atomic E-state index is -0.341. The average molecular weight is 371 g/mol. The first-order valence-electron chi connectivity index (χ1n) is 8.73. The molecule has 0 saturated carbocycles. The van der Waals surface area contributed by atoms with Crippen LogP contribution in [0.25, 0.3) is 6.08 Å². The second-order valence-electron chi connectivity index (χ2n) is 5.78. The molecule has 0 unspecified atom stereocenters. The molecular weight excluding hydrogens is 344 g/mol. The Labute approximate surface area is 160 Å². The summed E-state index contributed by atoms with van der Waals surface area (Å²) in [5, 5.41) is 0. The van der Waals surface area contributed by atoms with Crippen molar-refractivity contribution in [3.05, 3.63) is 71.8 Å². The van der Waals surface area contributed by atoms with Crippen molar-refractivity contribution < 1.29 is 9.53 Å². The third-order valence-corrected chi connectivity index (χ3v) is 4.77. The highest BCUT2D eigenvalue weighted by Gasteiger charge is 2.04. The maximum Gasteiger partial charge on any atom is 0.330 e. The summed E-state index contributed by atoms with van der Waals surface area (Å²) in [5.41, 5.74) is 2.25. The molecular formula is C21H26N2O2S. The highest BCUT2D eigenvalue weighted by molar-refractivity contribution is 7.97. The maximum atomic E-state index is 11.1. The van der Waals surface area contributed by atoms with Crippen molar-refractivity contribution in [2.75, 3.05) is 26.7 Å². The zero-order valence-corrected chi connectivity index (χ0v) is 16.2. The normalized spacial score (nSPS) is 11.2. The van der Waals surface area contributed by atoms with E-state index in [1.54, 1.807) is 18.0 Å². The number of likely N-dealkylation sites (N-methyl/N-ethyl adjacent to an activating group) is 1. The van der Waals surface area contributed by atoms with Gasteiger partial charge in [-0.3, -0.25) is 9.62 Å². The van der Waals surface area contributed by atoms with Crippen LogP contribution >= 0.6 is 11.9 Å². The second kappa shape index (κ2) is 11.5. The Bertz CT molecular complexity index is 687. The van der Waals surface area contributed by atoms with Gasteiger partial charge in [0.05, 0.1) is 7.11 Å². The van der Waals surface area contributed by atoms with E-state index in [1.807, 2.05) is 30.3 Å². The van der Waals surface area contributed by atoms with Gasteiger partial charge in [0.1, 0.15) is 0 Å². The highest BCUT2D eigenvalue weighted by Crippen LogP contribution is 2.13. The van der Waals surface area contributed by atoms with Gasteiger partial charge in [-0.15, -0.1) is 0 Å². The van der Waals surface area contributed by atoms with Crippen molar-refractivity contribution >= 4 is 24.0 Å². The molecule has 26 heavy (non-hydrogen) atoms. The molecule has 138 valence electrons. The van der Waals surface area contributed by atoms with Crippen LogP contribution in [0.4, 0.5) is 0 Å². The maximum absolute atomic E-state index is 11.1. The Morgan fingerprint density at radius 2 is 1.88 bits per heavy atom. The van der Waals surface area contributed by atoms with Crippen LogP contribution in [0.15, 0.2) is 65.6 Å². The first-order chi connectivity index (χ1) is 12.7. The summed E-state index contributed by atoms with van der Waals surface area (Å²) in [6.07, 6.45) is 3.20. The Morgan fingerprint density at radius 3 is 2.54 bits per heavy atom. The summed E-state index contributed by atoms with van der Waals surface area (Å²) >= 11 is 1.67. The lowest BCUT2D eigenvalue weighted by Gasteiger charge is -2.20. The molecule has 4 nitrogen and oxygen atoms in total. The Balaban J connectivity index is 1.76. The molecule has 2 rings (SSSR count). The van der Waals surface area contributed by atoms with Gasteiger partial charge < -0.3 is 4.74 Å². The first-order valence-corrected chi connectivity index (χ1v) is 9.55. The van der Waals surface area contributed by atoms with Gasteiger partial charge in [-0.1, -0.05) is 49.4 Å². The zero-order valence-electron chi connectivity index (χ0n) is 15.4. The quantitative estimate of drug-likeness (QED) is 0.296. The van der Waals surface area contributed by atoms with Crippen LogP contribution in [0, 0.1) is 0 Å². The molecule has 0 aliphatic carbocycles. The lowest BCUT2D eigenvalue weighted by molar-refractivity contribution is -0.134. The molecule has 0 radical (unpaired) electrons. The van der Waals surface area contributed by atoms with Gasteiger partial charge in [-0.05, 0) is 47.8 Å². The van der Waals surface area contributed by atoms with Gasteiger partial charge in [0.2, 0.25) is 0 Å². The zero-order chi connectivity index (χ0) is 18.6. The minimum Gasteiger partial charge on any atom is -0.466 e. The number of carbonyl (C=O) groups is 1. The summed E-state index contributed by atoms with van der Waals surface area (Å²) in [4.78, 5) is 14.8. The number of benzene rings is 2. The molecule has 2 aromatic carbocycles. The van der Waals surface area contributed by atoms with Crippen molar-refractivity contribution in [3.8, 4) is 0 Å². The largest absolute Gasteiger partial charge is 0.466 e. The fraction of sp³-hybridized carbons (Fsp3) is 0.286. The van der Waals surface area contributed by atoms with E-state index < -0.39 is 0 Å². The SMILES string of the molecule is CCN(CCNSc1ccccc1)Cc1ccc(/C=C/C(=O)OC)cc1. The van der Waals surface area contributed by atoms with Gasteiger partial charge in [0.25, 0.3) is 0 Å². The molecule has 0 aromatic heterocycles. The number of hydrogen-bond donors (Lipinski definition) is 1. The van der Waals surface area contributed by atoms with Crippen LogP contribution in [0.1, 0.15) is 18.1 Å². The van der Waals surface area contributed by atoms with Gasteiger partial charge >= 0.3 is 5.97 Å². The summed E-state index contributed by atoms with van der Waals surface area (Å²) in [5.74, 6) is -0.341. The van der Waals surface area contributed by atoms with Gasteiger partial charge in [-0.25, -0.2) is 4.79 Å². The number of carbonyl (C=O) groups excluding carboxylic acids is 1. The highest BCUT2D eigenvalue weighted by atomic mass is 32.2. The third kappa shape index (κ3) is 7.44. The fourth-order valence-corrected chi connectivity index (χ4v) is 3.05. The predicted octanol–water partition coefficient (Wildman–Crippen LogP) is 3.99. The topological polar surface area (TPSA) is 41.6 Å². The van der Waals surface area contributed by atoms with Crippen molar-refractivity contribution in [1.29, 1.82) is 0 Å². The molecule has 0 fully saturated rings. The van der Waals surface area contributed by atoms with Crippen LogP contribution < -0.4 is 4.72 Å². The molecule has 0 saturated heterocycles. The molecule has 0 spiro atoms. The molecule has 0 amide bonds. The van der Waals surface area contributed by atoms with E-state index in [0.717, 1.165) is 31.7 Å². The monoisotopic (exact) mass is 370 g/mol.